The molecule has 2 heterocycles. The van der Waals surface area contributed by atoms with Gasteiger partial charge >= 0.3 is 0 Å². The van der Waals surface area contributed by atoms with Crippen LogP contribution in [0.1, 0.15) is 15.9 Å². The molecule has 2 aromatic heterocycles. The maximum absolute atomic E-state index is 13.8. The largest absolute Gasteiger partial charge is 0.306 e. The van der Waals surface area contributed by atoms with Crippen LogP contribution >= 0.6 is 11.3 Å². The standard InChI is InChI=1S/C22H15F2N3OS/c1-13-5-6-14(22-25-9-10-29-22)11-16(13)15-7-8-19(26-12-15)27-21(28)20-17(23)3-2-4-18(20)24/h2-12H,1H3,(H,26,27,28). The number of thiazole rings is 1. The Balaban J connectivity index is 1.59. The minimum atomic E-state index is -0.922. The van der Waals surface area contributed by atoms with Gasteiger partial charge in [-0.15, -0.1) is 11.3 Å². The van der Waals surface area contributed by atoms with Gasteiger partial charge in [-0.1, -0.05) is 18.2 Å². The molecule has 4 rings (SSSR count). The summed E-state index contributed by atoms with van der Waals surface area (Å²) in [5.74, 6) is -2.53. The van der Waals surface area contributed by atoms with Crippen LogP contribution < -0.4 is 5.32 Å². The number of aryl methyl sites for hydroxylation is 1. The van der Waals surface area contributed by atoms with Crippen molar-refractivity contribution in [2.45, 2.75) is 6.92 Å². The number of halogens is 2. The molecule has 1 N–H and O–H groups in total. The Labute approximate surface area is 169 Å². The number of carbonyl (C=O) groups excluding carboxylic acids is 1. The summed E-state index contributed by atoms with van der Waals surface area (Å²) in [6, 6.07) is 12.7. The third kappa shape index (κ3) is 3.90. The molecule has 0 unspecified atom stereocenters. The zero-order chi connectivity index (χ0) is 20.4. The molecule has 0 saturated carbocycles. The van der Waals surface area contributed by atoms with E-state index in [4.69, 9.17) is 0 Å². The number of hydrogen-bond donors (Lipinski definition) is 1. The molecule has 4 nitrogen and oxygen atoms in total. The fraction of sp³-hybridized carbons (Fsp3) is 0.0455. The first-order valence-corrected chi connectivity index (χ1v) is 9.63. The fourth-order valence-corrected chi connectivity index (χ4v) is 3.59. The number of pyridine rings is 1. The van der Waals surface area contributed by atoms with Crippen LogP contribution in [-0.4, -0.2) is 15.9 Å². The molecule has 0 saturated heterocycles. The number of amides is 1. The Hall–Kier alpha value is -3.45. The van der Waals surface area contributed by atoms with Gasteiger partial charge in [0.25, 0.3) is 5.91 Å². The molecular weight excluding hydrogens is 392 g/mol. The van der Waals surface area contributed by atoms with Gasteiger partial charge in [-0.3, -0.25) is 4.79 Å². The second-order valence-corrected chi connectivity index (χ2v) is 7.24. The summed E-state index contributed by atoms with van der Waals surface area (Å²) in [5.41, 5.74) is 3.29. The lowest BCUT2D eigenvalue weighted by Gasteiger charge is -2.10. The topological polar surface area (TPSA) is 54.9 Å². The van der Waals surface area contributed by atoms with E-state index in [9.17, 15) is 13.6 Å². The highest BCUT2D eigenvalue weighted by Crippen LogP contribution is 2.30. The Bertz CT molecular complexity index is 1160. The quantitative estimate of drug-likeness (QED) is 0.471. The minimum Gasteiger partial charge on any atom is -0.306 e. The van der Waals surface area contributed by atoms with E-state index in [1.807, 2.05) is 30.5 Å². The number of nitrogens with one attached hydrogen (secondary N) is 1. The Kier molecular flexibility index (Phi) is 5.14. The van der Waals surface area contributed by atoms with Crippen LogP contribution in [-0.2, 0) is 0 Å². The molecule has 0 spiro atoms. The van der Waals surface area contributed by atoms with Gasteiger partial charge in [0.15, 0.2) is 0 Å². The predicted molar refractivity (Wildman–Crippen MR) is 110 cm³/mol. The normalized spacial score (nSPS) is 10.7. The van der Waals surface area contributed by atoms with Crippen LogP contribution in [0.2, 0.25) is 0 Å². The van der Waals surface area contributed by atoms with Crippen molar-refractivity contribution in [1.82, 2.24) is 9.97 Å². The number of carbonyl (C=O) groups is 1. The number of hydrogen-bond acceptors (Lipinski definition) is 4. The van der Waals surface area contributed by atoms with E-state index < -0.39 is 23.1 Å². The highest BCUT2D eigenvalue weighted by Gasteiger charge is 2.17. The van der Waals surface area contributed by atoms with Gasteiger partial charge in [0, 0.05) is 28.9 Å². The van der Waals surface area contributed by atoms with Crippen LogP contribution in [0.4, 0.5) is 14.6 Å². The average molecular weight is 407 g/mol. The van der Waals surface area contributed by atoms with Gasteiger partial charge in [0.1, 0.15) is 28.0 Å². The average Bonchev–Trinajstić information content (AvgIpc) is 3.24. The molecule has 0 aliphatic carbocycles. The van der Waals surface area contributed by atoms with Crippen molar-refractivity contribution in [2.24, 2.45) is 0 Å². The maximum atomic E-state index is 13.8. The van der Waals surface area contributed by atoms with E-state index in [2.05, 4.69) is 15.3 Å². The Morgan fingerprint density at radius 3 is 2.41 bits per heavy atom. The van der Waals surface area contributed by atoms with Gasteiger partial charge < -0.3 is 5.32 Å². The summed E-state index contributed by atoms with van der Waals surface area (Å²) >= 11 is 1.56. The van der Waals surface area contributed by atoms with E-state index in [-0.39, 0.29) is 5.82 Å². The van der Waals surface area contributed by atoms with Gasteiger partial charge in [0.2, 0.25) is 0 Å². The molecule has 29 heavy (non-hydrogen) atoms. The smallest absolute Gasteiger partial charge is 0.262 e. The molecule has 0 atom stereocenters. The second kappa shape index (κ2) is 7.89. The van der Waals surface area contributed by atoms with Crippen molar-refractivity contribution >= 4 is 23.1 Å². The first-order valence-electron chi connectivity index (χ1n) is 8.75. The highest BCUT2D eigenvalue weighted by molar-refractivity contribution is 7.13. The van der Waals surface area contributed by atoms with E-state index in [1.165, 1.54) is 6.07 Å². The summed E-state index contributed by atoms with van der Waals surface area (Å²) in [6.07, 6.45) is 3.37. The van der Waals surface area contributed by atoms with Crippen LogP contribution in [0, 0.1) is 18.6 Å². The molecule has 4 aromatic rings. The summed E-state index contributed by atoms with van der Waals surface area (Å²) in [5, 5.41) is 5.28. The first-order chi connectivity index (χ1) is 14.0. The number of benzene rings is 2. The van der Waals surface area contributed by atoms with Crippen molar-refractivity contribution in [3.8, 4) is 21.7 Å². The molecule has 7 heteroatoms. The van der Waals surface area contributed by atoms with Crippen molar-refractivity contribution < 1.29 is 13.6 Å². The van der Waals surface area contributed by atoms with E-state index in [1.54, 1.807) is 35.9 Å². The van der Waals surface area contributed by atoms with Crippen LogP contribution in [0.5, 0.6) is 0 Å². The molecular formula is C22H15F2N3OS. The molecule has 1 amide bonds. The monoisotopic (exact) mass is 407 g/mol. The molecule has 0 fully saturated rings. The number of rotatable bonds is 4. The summed E-state index contributed by atoms with van der Waals surface area (Å²) in [6.45, 7) is 2.00. The molecule has 0 radical (unpaired) electrons. The SMILES string of the molecule is Cc1ccc(-c2nccs2)cc1-c1ccc(NC(=O)c2c(F)cccc2F)nc1. The molecule has 0 aliphatic rings. The molecule has 0 bridgehead atoms. The van der Waals surface area contributed by atoms with Gasteiger partial charge in [-0.2, -0.15) is 0 Å². The van der Waals surface area contributed by atoms with Crippen LogP contribution in [0.3, 0.4) is 0 Å². The second-order valence-electron chi connectivity index (χ2n) is 6.35. The van der Waals surface area contributed by atoms with Crippen molar-refractivity contribution in [3.63, 3.8) is 0 Å². The van der Waals surface area contributed by atoms with Crippen LogP contribution in [0.15, 0.2) is 66.3 Å². The van der Waals surface area contributed by atoms with Crippen LogP contribution in [0.25, 0.3) is 21.7 Å². The molecule has 0 aliphatic heterocycles. The number of nitrogens with zero attached hydrogens (tertiary/aromatic N) is 2. The minimum absolute atomic E-state index is 0.204. The van der Waals surface area contributed by atoms with Crippen molar-refractivity contribution in [3.05, 3.63) is 89.1 Å². The summed E-state index contributed by atoms with van der Waals surface area (Å²) < 4.78 is 27.5. The van der Waals surface area contributed by atoms with Gasteiger partial charge in [0.05, 0.1) is 0 Å². The third-order valence-electron chi connectivity index (χ3n) is 4.42. The highest BCUT2D eigenvalue weighted by atomic mass is 32.1. The van der Waals surface area contributed by atoms with Gasteiger partial charge in [-0.05, 0) is 48.4 Å². The summed E-state index contributed by atoms with van der Waals surface area (Å²) in [4.78, 5) is 20.8. The lowest BCUT2D eigenvalue weighted by molar-refractivity contribution is 0.101. The van der Waals surface area contributed by atoms with Crippen molar-refractivity contribution in [1.29, 1.82) is 0 Å². The summed E-state index contributed by atoms with van der Waals surface area (Å²) in [7, 11) is 0. The Morgan fingerprint density at radius 2 is 1.76 bits per heavy atom. The predicted octanol–water partition coefficient (Wildman–Crippen LogP) is 5.71. The third-order valence-corrected chi connectivity index (χ3v) is 5.24. The molecule has 144 valence electrons. The maximum Gasteiger partial charge on any atom is 0.262 e. The lowest BCUT2D eigenvalue weighted by Crippen LogP contribution is -2.16. The lowest BCUT2D eigenvalue weighted by atomic mass is 9.99. The fourth-order valence-electron chi connectivity index (χ4n) is 2.95. The Morgan fingerprint density at radius 1 is 1.00 bits per heavy atom. The van der Waals surface area contributed by atoms with Gasteiger partial charge in [-0.25, -0.2) is 18.7 Å². The zero-order valence-electron chi connectivity index (χ0n) is 15.3. The number of aromatic nitrogens is 2. The first kappa shape index (κ1) is 18.9. The molecule has 2 aromatic carbocycles. The van der Waals surface area contributed by atoms with Crippen molar-refractivity contribution in [2.75, 3.05) is 5.32 Å². The number of anilines is 1. The van der Waals surface area contributed by atoms with E-state index in [0.717, 1.165) is 39.4 Å². The van der Waals surface area contributed by atoms with E-state index >= 15 is 0 Å². The zero-order valence-corrected chi connectivity index (χ0v) is 16.1. The van der Waals surface area contributed by atoms with E-state index in [0.29, 0.717) is 0 Å².